The Morgan fingerprint density at radius 3 is 2.58 bits per heavy atom. The summed E-state index contributed by atoms with van der Waals surface area (Å²) in [5, 5.41) is 0.503. The number of anilines is 1. The molecule has 1 heterocycles. The number of carbonyl (C=O) groups excluding carboxylic acids is 2. The van der Waals surface area contributed by atoms with E-state index in [4.69, 9.17) is 16.3 Å². The number of benzene rings is 2. The summed E-state index contributed by atoms with van der Waals surface area (Å²) in [4.78, 5) is 28.9. The normalized spacial score (nSPS) is 17.3. The van der Waals surface area contributed by atoms with Gasteiger partial charge < -0.3 is 14.5 Å². The Morgan fingerprint density at radius 1 is 1.19 bits per heavy atom. The number of halogens is 1. The second kappa shape index (κ2) is 7.79. The third kappa shape index (κ3) is 3.68. The monoisotopic (exact) mass is 372 g/mol. The van der Waals surface area contributed by atoms with Gasteiger partial charge in [0, 0.05) is 29.4 Å². The van der Waals surface area contributed by atoms with Crippen LogP contribution in [0.25, 0.3) is 0 Å². The second-order valence-electron chi connectivity index (χ2n) is 6.10. The average Bonchev–Trinajstić information content (AvgIpc) is 2.64. The summed E-state index contributed by atoms with van der Waals surface area (Å²) >= 11 is 5.98. The van der Waals surface area contributed by atoms with Crippen molar-refractivity contribution in [2.24, 2.45) is 0 Å². The molecule has 136 valence electrons. The molecule has 5 nitrogen and oxygen atoms in total. The smallest absolute Gasteiger partial charge is 0.254 e. The number of ether oxygens (including phenoxy) is 1. The van der Waals surface area contributed by atoms with Crippen molar-refractivity contribution >= 4 is 29.1 Å². The van der Waals surface area contributed by atoms with Crippen LogP contribution in [0.2, 0.25) is 5.02 Å². The minimum absolute atomic E-state index is 0.101. The molecule has 0 spiro atoms. The van der Waals surface area contributed by atoms with Crippen LogP contribution in [0.3, 0.4) is 0 Å². The molecule has 0 radical (unpaired) electrons. The van der Waals surface area contributed by atoms with Crippen LogP contribution in [0.5, 0.6) is 5.75 Å². The largest absolute Gasteiger partial charge is 0.494 e. The summed E-state index contributed by atoms with van der Waals surface area (Å²) in [6.45, 7) is 5.19. The summed E-state index contributed by atoms with van der Waals surface area (Å²) in [5.74, 6) is 0.488. The van der Waals surface area contributed by atoms with Gasteiger partial charge in [-0.2, -0.15) is 0 Å². The molecule has 1 aliphatic heterocycles. The number of nitrogens with zero attached hydrogens (tertiary/aromatic N) is 2. The van der Waals surface area contributed by atoms with Crippen molar-refractivity contribution in [1.82, 2.24) is 4.90 Å². The third-order valence-corrected chi connectivity index (χ3v) is 4.68. The van der Waals surface area contributed by atoms with E-state index in [0.29, 0.717) is 30.3 Å². The highest BCUT2D eigenvalue weighted by molar-refractivity contribution is 6.31. The van der Waals surface area contributed by atoms with E-state index >= 15 is 0 Å². The van der Waals surface area contributed by atoms with Crippen LogP contribution in [0.15, 0.2) is 48.5 Å². The summed E-state index contributed by atoms with van der Waals surface area (Å²) in [7, 11) is 0. The Kier molecular flexibility index (Phi) is 5.47. The van der Waals surface area contributed by atoms with E-state index < -0.39 is 6.04 Å². The average molecular weight is 373 g/mol. The summed E-state index contributed by atoms with van der Waals surface area (Å²) in [6, 6.07) is 13.7. The van der Waals surface area contributed by atoms with E-state index in [9.17, 15) is 9.59 Å². The zero-order valence-corrected chi connectivity index (χ0v) is 15.6. The predicted octanol–water partition coefficient (Wildman–Crippen LogP) is 3.62. The maximum absolute atomic E-state index is 12.8. The van der Waals surface area contributed by atoms with Gasteiger partial charge in [-0.15, -0.1) is 0 Å². The molecular weight excluding hydrogens is 352 g/mol. The van der Waals surface area contributed by atoms with Gasteiger partial charge in [0.25, 0.3) is 5.91 Å². The first-order chi connectivity index (χ1) is 12.5. The fraction of sp³-hybridized carbons (Fsp3) is 0.300. The van der Waals surface area contributed by atoms with Crippen molar-refractivity contribution in [3.63, 3.8) is 0 Å². The van der Waals surface area contributed by atoms with Crippen molar-refractivity contribution in [2.75, 3.05) is 24.6 Å². The van der Waals surface area contributed by atoms with E-state index in [1.54, 1.807) is 41.0 Å². The molecule has 1 atom stereocenters. The highest BCUT2D eigenvalue weighted by atomic mass is 35.5. The maximum atomic E-state index is 12.8. The molecule has 1 fully saturated rings. The molecule has 1 saturated heterocycles. The Labute approximate surface area is 158 Å². The fourth-order valence-electron chi connectivity index (χ4n) is 3.08. The first kappa shape index (κ1) is 18.3. The SMILES string of the molecule is CCOc1ccc(N2CCN(C(=O)c3cccc(Cl)c3)[C@@H](C)C2=O)cc1. The predicted molar refractivity (Wildman–Crippen MR) is 102 cm³/mol. The molecule has 26 heavy (non-hydrogen) atoms. The van der Waals surface area contributed by atoms with Crippen LogP contribution >= 0.6 is 11.6 Å². The summed E-state index contributed by atoms with van der Waals surface area (Å²) in [6.07, 6.45) is 0. The van der Waals surface area contributed by atoms with Gasteiger partial charge in [0.05, 0.1) is 6.61 Å². The van der Waals surface area contributed by atoms with Gasteiger partial charge in [-0.05, 0) is 56.3 Å². The van der Waals surface area contributed by atoms with Gasteiger partial charge in [-0.1, -0.05) is 17.7 Å². The van der Waals surface area contributed by atoms with E-state index in [1.165, 1.54) is 0 Å². The zero-order valence-electron chi connectivity index (χ0n) is 14.8. The maximum Gasteiger partial charge on any atom is 0.254 e. The van der Waals surface area contributed by atoms with E-state index in [0.717, 1.165) is 11.4 Å². The molecule has 2 aromatic carbocycles. The molecular formula is C20H21ClN2O3. The molecule has 3 rings (SSSR count). The molecule has 0 aromatic heterocycles. The Morgan fingerprint density at radius 2 is 1.92 bits per heavy atom. The number of hydrogen-bond acceptors (Lipinski definition) is 3. The lowest BCUT2D eigenvalue weighted by Gasteiger charge is -2.39. The van der Waals surface area contributed by atoms with Crippen LogP contribution in [-0.2, 0) is 4.79 Å². The highest BCUT2D eigenvalue weighted by Crippen LogP contribution is 2.24. The molecule has 0 bridgehead atoms. The minimum atomic E-state index is -0.540. The lowest BCUT2D eigenvalue weighted by molar-refractivity contribution is -0.124. The lowest BCUT2D eigenvalue weighted by Crippen LogP contribution is -2.57. The lowest BCUT2D eigenvalue weighted by atomic mass is 10.1. The van der Waals surface area contributed by atoms with E-state index in [1.807, 2.05) is 31.2 Å². The van der Waals surface area contributed by atoms with Crippen molar-refractivity contribution < 1.29 is 14.3 Å². The fourth-order valence-corrected chi connectivity index (χ4v) is 3.27. The van der Waals surface area contributed by atoms with Crippen molar-refractivity contribution in [3.8, 4) is 5.75 Å². The molecule has 0 saturated carbocycles. The van der Waals surface area contributed by atoms with E-state index in [2.05, 4.69) is 0 Å². The van der Waals surface area contributed by atoms with Crippen LogP contribution in [0, 0.1) is 0 Å². The Balaban J connectivity index is 1.75. The zero-order chi connectivity index (χ0) is 18.7. The van der Waals surface area contributed by atoms with Gasteiger partial charge in [-0.3, -0.25) is 9.59 Å². The van der Waals surface area contributed by atoms with Gasteiger partial charge in [0.2, 0.25) is 5.91 Å². The summed E-state index contributed by atoms with van der Waals surface area (Å²) < 4.78 is 5.44. The van der Waals surface area contributed by atoms with Gasteiger partial charge in [0.15, 0.2) is 0 Å². The van der Waals surface area contributed by atoms with Crippen molar-refractivity contribution in [2.45, 2.75) is 19.9 Å². The number of rotatable bonds is 4. The standard InChI is InChI=1S/C20H21ClN2O3/c1-3-26-18-9-7-17(8-10-18)23-12-11-22(14(2)19(23)24)20(25)15-5-4-6-16(21)13-15/h4-10,13-14H,3,11-12H2,1-2H3/t14-/m0/s1. The van der Waals surface area contributed by atoms with Gasteiger partial charge in [-0.25, -0.2) is 0 Å². The topological polar surface area (TPSA) is 49.9 Å². The molecule has 6 heteroatoms. The molecule has 0 N–H and O–H groups in total. The Bertz CT molecular complexity index is 807. The van der Waals surface area contributed by atoms with Gasteiger partial charge in [0.1, 0.15) is 11.8 Å². The quantitative estimate of drug-likeness (QED) is 0.823. The number of hydrogen-bond donors (Lipinski definition) is 0. The van der Waals surface area contributed by atoms with Crippen LogP contribution in [0.1, 0.15) is 24.2 Å². The number of amides is 2. The van der Waals surface area contributed by atoms with Crippen LogP contribution < -0.4 is 9.64 Å². The first-order valence-electron chi connectivity index (χ1n) is 8.62. The van der Waals surface area contributed by atoms with E-state index in [-0.39, 0.29) is 11.8 Å². The van der Waals surface area contributed by atoms with Crippen molar-refractivity contribution in [1.29, 1.82) is 0 Å². The molecule has 0 aliphatic carbocycles. The highest BCUT2D eigenvalue weighted by Gasteiger charge is 2.35. The van der Waals surface area contributed by atoms with Crippen LogP contribution in [-0.4, -0.2) is 42.5 Å². The molecule has 1 aliphatic rings. The Hall–Kier alpha value is -2.53. The minimum Gasteiger partial charge on any atom is -0.494 e. The molecule has 0 unspecified atom stereocenters. The molecule has 2 aromatic rings. The summed E-state index contributed by atoms with van der Waals surface area (Å²) in [5.41, 5.74) is 1.30. The van der Waals surface area contributed by atoms with Crippen molar-refractivity contribution in [3.05, 3.63) is 59.1 Å². The number of piperazine rings is 1. The molecule has 2 amide bonds. The first-order valence-corrected chi connectivity index (χ1v) is 9.00. The van der Waals surface area contributed by atoms with Crippen LogP contribution in [0.4, 0.5) is 5.69 Å². The second-order valence-corrected chi connectivity index (χ2v) is 6.54. The van der Waals surface area contributed by atoms with Gasteiger partial charge >= 0.3 is 0 Å². The third-order valence-electron chi connectivity index (χ3n) is 4.45. The number of carbonyl (C=O) groups is 2.